The molecule has 1 heterocycles. The van der Waals surface area contributed by atoms with Crippen molar-refractivity contribution in [2.45, 2.75) is 13.3 Å². The molecule has 0 saturated carbocycles. The fraction of sp³-hybridized carbons (Fsp3) is 0.167. The van der Waals surface area contributed by atoms with Crippen molar-refractivity contribution in [3.8, 4) is 11.3 Å². The second-order valence-corrected chi connectivity index (χ2v) is 3.30. The van der Waals surface area contributed by atoms with Gasteiger partial charge < -0.3 is 4.52 Å². The van der Waals surface area contributed by atoms with E-state index in [1.165, 1.54) is 6.07 Å². The van der Waals surface area contributed by atoms with Crippen LogP contribution < -0.4 is 0 Å². The molecular formula is C12H11FNO. The zero-order valence-electron chi connectivity index (χ0n) is 8.46. The van der Waals surface area contributed by atoms with Crippen molar-refractivity contribution in [1.82, 2.24) is 5.16 Å². The number of aromatic nitrogens is 1. The van der Waals surface area contributed by atoms with E-state index in [4.69, 9.17) is 4.52 Å². The quantitative estimate of drug-likeness (QED) is 0.751. The number of halogens is 1. The Morgan fingerprint density at radius 3 is 2.80 bits per heavy atom. The van der Waals surface area contributed by atoms with Gasteiger partial charge in [-0.05, 0) is 32.4 Å². The van der Waals surface area contributed by atoms with Crippen LogP contribution in [0.25, 0.3) is 11.3 Å². The highest BCUT2D eigenvalue weighted by Gasteiger charge is 2.15. The minimum absolute atomic E-state index is 0.291. The summed E-state index contributed by atoms with van der Waals surface area (Å²) in [6.45, 7) is 5.59. The number of hydrogen-bond donors (Lipinski definition) is 0. The molecule has 0 atom stereocenters. The Hall–Kier alpha value is -1.64. The summed E-state index contributed by atoms with van der Waals surface area (Å²) in [4.78, 5) is 0. The summed E-state index contributed by atoms with van der Waals surface area (Å²) >= 11 is 0. The molecule has 0 saturated heterocycles. The predicted molar refractivity (Wildman–Crippen MR) is 55.7 cm³/mol. The summed E-state index contributed by atoms with van der Waals surface area (Å²) < 4.78 is 18.5. The monoisotopic (exact) mass is 204 g/mol. The molecule has 0 aliphatic rings. The highest BCUT2D eigenvalue weighted by molar-refractivity contribution is 5.64. The fourth-order valence-electron chi connectivity index (χ4n) is 1.55. The van der Waals surface area contributed by atoms with Gasteiger partial charge in [-0.1, -0.05) is 17.3 Å². The van der Waals surface area contributed by atoms with E-state index < -0.39 is 0 Å². The number of nitrogens with zero attached hydrogens (tertiary/aromatic N) is 1. The van der Waals surface area contributed by atoms with E-state index in [1.54, 1.807) is 25.1 Å². The van der Waals surface area contributed by atoms with Gasteiger partial charge in [0.25, 0.3) is 0 Å². The molecule has 0 aliphatic heterocycles. The molecule has 2 nitrogen and oxygen atoms in total. The molecule has 15 heavy (non-hydrogen) atoms. The van der Waals surface area contributed by atoms with E-state index in [1.807, 2.05) is 0 Å². The lowest BCUT2D eigenvalue weighted by Crippen LogP contribution is -1.89. The fourth-order valence-corrected chi connectivity index (χ4v) is 1.55. The van der Waals surface area contributed by atoms with Crippen LogP contribution >= 0.6 is 0 Å². The molecule has 3 heteroatoms. The van der Waals surface area contributed by atoms with E-state index >= 15 is 0 Å². The zero-order valence-corrected chi connectivity index (χ0v) is 8.46. The molecule has 0 amide bonds. The molecule has 2 aromatic rings. The molecule has 0 N–H and O–H groups in total. The highest BCUT2D eigenvalue weighted by Crippen LogP contribution is 2.27. The maximum absolute atomic E-state index is 13.5. The number of aryl methyl sites for hydroxylation is 1. The summed E-state index contributed by atoms with van der Waals surface area (Å²) in [5.41, 5.74) is 1.88. The third-order valence-corrected chi connectivity index (χ3v) is 2.36. The van der Waals surface area contributed by atoms with Gasteiger partial charge in [-0.3, -0.25) is 0 Å². The van der Waals surface area contributed by atoms with E-state index in [0.29, 0.717) is 23.4 Å². The zero-order chi connectivity index (χ0) is 10.8. The van der Waals surface area contributed by atoms with Crippen LogP contribution in [0.1, 0.15) is 11.3 Å². The van der Waals surface area contributed by atoms with Gasteiger partial charge in [-0.15, -0.1) is 0 Å². The number of rotatable bonds is 2. The standard InChI is InChI=1S/C12H11FNO/c1-3-9-8(2)15-14-12(9)10-6-4-5-7-11(10)13/h4-7H,1,3H2,2H3. The Labute approximate surface area is 87.7 Å². The Morgan fingerprint density at radius 2 is 2.13 bits per heavy atom. The molecule has 0 unspecified atom stereocenters. The molecule has 0 aliphatic carbocycles. The van der Waals surface area contributed by atoms with Crippen molar-refractivity contribution >= 4 is 0 Å². The van der Waals surface area contributed by atoms with Crippen LogP contribution in [0.5, 0.6) is 0 Å². The lowest BCUT2D eigenvalue weighted by atomic mass is 10.0. The van der Waals surface area contributed by atoms with Crippen molar-refractivity contribution in [3.63, 3.8) is 0 Å². The first kappa shape index (κ1) is 9.90. The van der Waals surface area contributed by atoms with Gasteiger partial charge in [0.15, 0.2) is 0 Å². The number of benzene rings is 1. The molecule has 2 rings (SSSR count). The maximum Gasteiger partial charge on any atom is 0.137 e. The molecule has 0 spiro atoms. The van der Waals surface area contributed by atoms with Crippen LogP contribution in [0.2, 0.25) is 0 Å². The third kappa shape index (κ3) is 1.65. The van der Waals surface area contributed by atoms with E-state index in [0.717, 1.165) is 5.56 Å². The van der Waals surface area contributed by atoms with Crippen LogP contribution in [0.3, 0.4) is 0 Å². The molecule has 0 fully saturated rings. The smallest absolute Gasteiger partial charge is 0.137 e. The van der Waals surface area contributed by atoms with Crippen molar-refractivity contribution < 1.29 is 8.91 Å². The second-order valence-electron chi connectivity index (χ2n) is 3.30. The highest BCUT2D eigenvalue weighted by atomic mass is 19.1. The predicted octanol–water partition coefficient (Wildman–Crippen LogP) is 3.17. The van der Waals surface area contributed by atoms with Crippen molar-refractivity contribution in [2.24, 2.45) is 0 Å². The van der Waals surface area contributed by atoms with Gasteiger partial charge in [0.1, 0.15) is 17.3 Å². The van der Waals surface area contributed by atoms with Gasteiger partial charge >= 0.3 is 0 Å². The Balaban J connectivity index is 2.59. The summed E-state index contributed by atoms with van der Waals surface area (Å²) in [6, 6.07) is 6.52. The Morgan fingerprint density at radius 1 is 1.40 bits per heavy atom. The van der Waals surface area contributed by atoms with Crippen LogP contribution in [-0.4, -0.2) is 5.16 Å². The van der Waals surface area contributed by atoms with Crippen molar-refractivity contribution in [1.29, 1.82) is 0 Å². The van der Waals surface area contributed by atoms with E-state index in [2.05, 4.69) is 12.1 Å². The molecule has 1 aromatic carbocycles. The molecule has 1 aromatic heterocycles. The van der Waals surface area contributed by atoms with Gasteiger partial charge in [-0.25, -0.2) is 4.39 Å². The minimum Gasteiger partial charge on any atom is -0.361 e. The molecule has 77 valence electrons. The largest absolute Gasteiger partial charge is 0.361 e. The van der Waals surface area contributed by atoms with Gasteiger partial charge in [0, 0.05) is 11.1 Å². The van der Waals surface area contributed by atoms with Crippen LogP contribution in [0.4, 0.5) is 4.39 Å². The third-order valence-electron chi connectivity index (χ3n) is 2.36. The average molecular weight is 204 g/mol. The van der Waals surface area contributed by atoms with E-state index in [-0.39, 0.29) is 5.82 Å². The average Bonchev–Trinajstić information content (AvgIpc) is 2.60. The maximum atomic E-state index is 13.5. The first-order valence-corrected chi connectivity index (χ1v) is 4.73. The van der Waals surface area contributed by atoms with Gasteiger partial charge in [0.05, 0.1) is 0 Å². The summed E-state index contributed by atoms with van der Waals surface area (Å²) in [6.07, 6.45) is 0.541. The molecule has 0 bridgehead atoms. The summed E-state index contributed by atoms with van der Waals surface area (Å²) in [5.74, 6) is 0.406. The minimum atomic E-state index is -0.291. The van der Waals surface area contributed by atoms with Crippen molar-refractivity contribution in [2.75, 3.05) is 0 Å². The van der Waals surface area contributed by atoms with Crippen LogP contribution in [0, 0.1) is 19.7 Å². The van der Waals surface area contributed by atoms with Crippen molar-refractivity contribution in [3.05, 3.63) is 48.3 Å². The Bertz CT molecular complexity index is 476. The summed E-state index contributed by atoms with van der Waals surface area (Å²) in [5, 5.41) is 3.86. The summed E-state index contributed by atoms with van der Waals surface area (Å²) in [7, 11) is 0. The van der Waals surface area contributed by atoms with Gasteiger partial charge in [-0.2, -0.15) is 0 Å². The second kappa shape index (κ2) is 3.85. The molecule has 1 radical (unpaired) electrons. The lowest BCUT2D eigenvalue weighted by Gasteiger charge is -2.00. The van der Waals surface area contributed by atoms with Crippen LogP contribution in [0.15, 0.2) is 28.8 Å². The van der Waals surface area contributed by atoms with E-state index in [9.17, 15) is 4.39 Å². The number of hydrogen-bond acceptors (Lipinski definition) is 2. The Kier molecular flexibility index (Phi) is 2.54. The van der Waals surface area contributed by atoms with Gasteiger partial charge in [0.2, 0.25) is 0 Å². The first-order chi connectivity index (χ1) is 7.24. The first-order valence-electron chi connectivity index (χ1n) is 4.73. The normalized spacial score (nSPS) is 10.6. The topological polar surface area (TPSA) is 26.0 Å². The van der Waals surface area contributed by atoms with Crippen LogP contribution in [-0.2, 0) is 6.42 Å². The lowest BCUT2D eigenvalue weighted by molar-refractivity contribution is 0.398. The molecular weight excluding hydrogens is 193 g/mol. The SMILES string of the molecule is [CH2]Cc1c(-c2ccccc2F)noc1C.